The van der Waals surface area contributed by atoms with Gasteiger partial charge in [0.05, 0.1) is 12.0 Å². The molecule has 0 bridgehead atoms. The third-order valence-corrected chi connectivity index (χ3v) is 3.68. The number of nitrogens with one attached hydrogen (secondary N) is 1. The Hall–Kier alpha value is -2.08. The quantitative estimate of drug-likeness (QED) is 0.835. The van der Waals surface area contributed by atoms with Gasteiger partial charge < -0.3 is 19.9 Å². The standard InChI is InChI=1S/C15H19NO5/c1-20-10-15(13(17)18)7-12(8-15)16-14(19)21-9-11-5-3-2-4-6-11/h2-6,12H,7-10H2,1H3,(H,16,19)(H,17,18). The van der Waals surface area contributed by atoms with Crippen LogP contribution in [-0.2, 0) is 20.9 Å². The number of ether oxygens (including phenoxy) is 2. The molecular formula is C15H19NO5. The zero-order valence-electron chi connectivity index (χ0n) is 11.9. The van der Waals surface area contributed by atoms with Gasteiger partial charge in [0.1, 0.15) is 6.61 Å². The molecule has 0 aromatic heterocycles. The van der Waals surface area contributed by atoms with Crippen LogP contribution in [-0.4, -0.2) is 36.9 Å². The van der Waals surface area contributed by atoms with Crippen LogP contribution in [0.4, 0.5) is 4.79 Å². The van der Waals surface area contributed by atoms with E-state index in [1.54, 1.807) is 0 Å². The Morgan fingerprint density at radius 2 is 2.00 bits per heavy atom. The summed E-state index contributed by atoms with van der Waals surface area (Å²) in [4.78, 5) is 22.9. The monoisotopic (exact) mass is 293 g/mol. The van der Waals surface area contributed by atoms with Gasteiger partial charge in [-0.15, -0.1) is 0 Å². The molecule has 2 N–H and O–H groups in total. The smallest absolute Gasteiger partial charge is 0.407 e. The average Bonchev–Trinajstić information content (AvgIpc) is 2.43. The summed E-state index contributed by atoms with van der Waals surface area (Å²) in [5, 5.41) is 11.9. The van der Waals surface area contributed by atoms with Crippen LogP contribution in [0.1, 0.15) is 18.4 Å². The Balaban J connectivity index is 1.74. The molecule has 1 aromatic rings. The number of carboxylic acids is 1. The first kappa shape index (κ1) is 15.3. The van der Waals surface area contributed by atoms with E-state index in [9.17, 15) is 14.7 Å². The number of carbonyl (C=O) groups excluding carboxylic acids is 1. The molecule has 0 aliphatic heterocycles. The normalized spacial score (nSPS) is 24.0. The van der Waals surface area contributed by atoms with Crippen LogP contribution in [0.15, 0.2) is 30.3 Å². The highest BCUT2D eigenvalue weighted by Gasteiger charge is 2.51. The lowest BCUT2D eigenvalue weighted by Gasteiger charge is -2.43. The van der Waals surface area contributed by atoms with Crippen molar-refractivity contribution in [1.82, 2.24) is 5.32 Å². The highest BCUT2D eigenvalue weighted by Crippen LogP contribution is 2.41. The van der Waals surface area contributed by atoms with E-state index in [1.807, 2.05) is 30.3 Å². The van der Waals surface area contributed by atoms with Crippen LogP contribution in [0.3, 0.4) is 0 Å². The van der Waals surface area contributed by atoms with Crippen LogP contribution in [0.2, 0.25) is 0 Å². The van der Waals surface area contributed by atoms with Crippen molar-refractivity contribution < 1.29 is 24.2 Å². The Bertz CT molecular complexity index is 496. The molecule has 6 nitrogen and oxygen atoms in total. The van der Waals surface area contributed by atoms with E-state index >= 15 is 0 Å². The maximum Gasteiger partial charge on any atom is 0.407 e. The summed E-state index contributed by atoms with van der Waals surface area (Å²) in [6, 6.07) is 9.18. The molecule has 1 amide bonds. The summed E-state index contributed by atoms with van der Waals surface area (Å²) in [5.41, 5.74) is 0.0205. The SMILES string of the molecule is COCC1(C(=O)O)CC(NC(=O)OCc2ccccc2)C1. The third-order valence-electron chi connectivity index (χ3n) is 3.68. The number of benzene rings is 1. The summed E-state index contributed by atoms with van der Waals surface area (Å²) < 4.78 is 10.0. The molecule has 114 valence electrons. The Kier molecular flexibility index (Phi) is 4.80. The van der Waals surface area contributed by atoms with E-state index in [1.165, 1.54) is 7.11 Å². The molecule has 1 saturated carbocycles. The predicted octanol–water partition coefficient (Wildman–Crippen LogP) is 1.79. The van der Waals surface area contributed by atoms with Gasteiger partial charge >= 0.3 is 12.1 Å². The minimum Gasteiger partial charge on any atom is -0.481 e. The predicted molar refractivity (Wildman–Crippen MR) is 74.7 cm³/mol. The molecule has 0 radical (unpaired) electrons. The Morgan fingerprint density at radius 3 is 2.57 bits per heavy atom. The van der Waals surface area contributed by atoms with Gasteiger partial charge in [-0.25, -0.2) is 4.79 Å². The molecule has 0 spiro atoms. The summed E-state index contributed by atoms with van der Waals surface area (Å²) >= 11 is 0. The fourth-order valence-corrected chi connectivity index (χ4v) is 2.55. The van der Waals surface area contributed by atoms with Crippen molar-refractivity contribution >= 4 is 12.1 Å². The van der Waals surface area contributed by atoms with Gasteiger partial charge in [-0.2, -0.15) is 0 Å². The van der Waals surface area contributed by atoms with Crippen molar-refractivity contribution in [3.8, 4) is 0 Å². The van der Waals surface area contributed by atoms with Gasteiger partial charge in [0.25, 0.3) is 0 Å². The van der Waals surface area contributed by atoms with Gasteiger partial charge in [-0.3, -0.25) is 4.79 Å². The van der Waals surface area contributed by atoms with Gasteiger partial charge in [0.2, 0.25) is 0 Å². The van der Waals surface area contributed by atoms with Crippen LogP contribution >= 0.6 is 0 Å². The van der Waals surface area contributed by atoms with Gasteiger partial charge in [0.15, 0.2) is 0 Å². The third kappa shape index (κ3) is 3.72. The van der Waals surface area contributed by atoms with Gasteiger partial charge in [0, 0.05) is 13.2 Å². The Labute approximate surface area is 123 Å². The molecule has 2 rings (SSSR count). The zero-order valence-corrected chi connectivity index (χ0v) is 11.9. The van der Waals surface area contributed by atoms with E-state index in [0.717, 1.165) is 5.56 Å². The molecule has 0 saturated heterocycles. The van der Waals surface area contributed by atoms with E-state index in [-0.39, 0.29) is 19.3 Å². The number of aliphatic carboxylic acids is 1. The zero-order chi connectivity index (χ0) is 15.3. The Morgan fingerprint density at radius 1 is 1.33 bits per heavy atom. The van der Waals surface area contributed by atoms with E-state index in [0.29, 0.717) is 12.8 Å². The number of hydrogen-bond acceptors (Lipinski definition) is 4. The first-order valence-corrected chi connectivity index (χ1v) is 6.75. The summed E-state index contributed by atoms with van der Waals surface area (Å²) in [6.07, 6.45) is 0.188. The largest absolute Gasteiger partial charge is 0.481 e. The molecule has 0 atom stereocenters. The van der Waals surface area contributed by atoms with Crippen molar-refractivity contribution in [3.05, 3.63) is 35.9 Å². The van der Waals surface area contributed by atoms with E-state index in [4.69, 9.17) is 9.47 Å². The number of methoxy groups -OCH3 is 1. The molecule has 1 aliphatic rings. The molecule has 0 heterocycles. The highest BCUT2D eigenvalue weighted by molar-refractivity contribution is 5.77. The molecule has 21 heavy (non-hydrogen) atoms. The molecular weight excluding hydrogens is 274 g/mol. The molecule has 1 aliphatic carbocycles. The second-order valence-electron chi connectivity index (χ2n) is 5.33. The summed E-state index contributed by atoms with van der Waals surface area (Å²) in [6.45, 7) is 0.348. The van der Waals surface area contributed by atoms with Gasteiger partial charge in [-0.1, -0.05) is 30.3 Å². The molecule has 0 unspecified atom stereocenters. The van der Waals surface area contributed by atoms with Crippen molar-refractivity contribution in [2.75, 3.05) is 13.7 Å². The van der Waals surface area contributed by atoms with Crippen molar-refractivity contribution in [2.24, 2.45) is 5.41 Å². The second kappa shape index (κ2) is 6.58. The minimum atomic E-state index is -0.889. The first-order valence-electron chi connectivity index (χ1n) is 6.75. The number of carboxylic acid groups (broad SMARTS) is 1. The highest BCUT2D eigenvalue weighted by atomic mass is 16.5. The van der Waals surface area contributed by atoms with Crippen LogP contribution in [0.25, 0.3) is 0 Å². The van der Waals surface area contributed by atoms with Crippen molar-refractivity contribution in [3.63, 3.8) is 0 Å². The molecule has 6 heteroatoms. The van der Waals surface area contributed by atoms with Crippen molar-refractivity contribution in [1.29, 1.82) is 0 Å². The molecule has 1 aromatic carbocycles. The fourth-order valence-electron chi connectivity index (χ4n) is 2.55. The number of hydrogen-bond donors (Lipinski definition) is 2. The maximum atomic E-state index is 11.6. The summed E-state index contributed by atoms with van der Waals surface area (Å²) in [5.74, 6) is -0.889. The van der Waals surface area contributed by atoms with Crippen LogP contribution < -0.4 is 5.32 Å². The average molecular weight is 293 g/mol. The minimum absolute atomic E-state index is 0.152. The van der Waals surface area contributed by atoms with Crippen LogP contribution in [0, 0.1) is 5.41 Å². The van der Waals surface area contributed by atoms with E-state index in [2.05, 4.69) is 5.32 Å². The van der Waals surface area contributed by atoms with Crippen molar-refractivity contribution in [2.45, 2.75) is 25.5 Å². The lowest BCUT2D eigenvalue weighted by Crippen LogP contribution is -2.56. The first-order chi connectivity index (χ1) is 10.1. The fraction of sp³-hybridized carbons (Fsp3) is 0.467. The number of amides is 1. The number of carbonyl (C=O) groups is 2. The van der Waals surface area contributed by atoms with Gasteiger partial charge in [-0.05, 0) is 18.4 Å². The second-order valence-corrected chi connectivity index (χ2v) is 5.33. The lowest BCUT2D eigenvalue weighted by molar-refractivity contribution is -0.161. The van der Waals surface area contributed by atoms with E-state index < -0.39 is 17.5 Å². The maximum absolute atomic E-state index is 11.6. The summed E-state index contributed by atoms with van der Waals surface area (Å²) in [7, 11) is 1.47. The number of rotatable bonds is 6. The molecule has 1 fully saturated rings. The topological polar surface area (TPSA) is 84.9 Å². The lowest BCUT2D eigenvalue weighted by atomic mass is 9.66. The number of alkyl carbamates (subject to hydrolysis) is 1. The van der Waals surface area contributed by atoms with Crippen LogP contribution in [0.5, 0.6) is 0 Å².